The number of amides is 1. The van der Waals surface area contributed by atoms with Crippen LogP contribution in [0.15, 0.2) is 59.1 Å². The molecular weight excluding hydrogens is 571 g/mol. The fraction of sp³-hybridized carbons (Fsp3) is 0.222. The first-order valence-electron chi connectivity index (χ1n) is 11.8. The van der Waals surface area contributed by atoms with Gasteiger partial charge in [-0.05, 0) is 72.3 Å². The molecule has 1 amide bonds. The SMILES string of the molecule is CC(c1ccc(CC(=O)Nc2cc(Cl)c(C3(c4noc(-c5ccc(F)c(F)c5)n4)CC3)c(Cl)c2)cc1)S(=O)[O-]. The number of hydrogen-bond acceptors (Lipinski definition) is 6. The first-order valence-corrected chi connectivity index (χ1v) is 13.7. The van der Waals surface area contributed by atoms with Gasteiger partial charge in [0.1, 0.15) is 0 Å². The van der Waals surface area contributed by atoms with Gasteiger partial charge in [-0.2, -0.15) is 4.98 Å². The molecule has 1 aliphatic rings. The third-order valence-corrected chi connectivity index (χ3v) is 8.12. The molecule has 12 heteroatoms. The van der Waals surface area contributed by atoms with E-state index >= 15 is 0 Å². The fourth-order valence-electron chi connectivity index (χ4n) is 4.39. The van der Waals surface area contributed by atoms with Gasteiger partial charge in [0.25, 0.3) is 5.89 Å². The Bertz CT molecular complexity index is 1570. The second-order valence-electron chi connectivity index (χ2n) is 9.32. The van der Waals surface area contributed by atoms with Gasteiger partial charge in [-0.1, -0.05) is 52.6 Å². The van der Waals surface area contributed by atoms with E-state index in [1.54, 1.807) is 43.3 Å². The normalized spacial score (nSPS) is 15.5. The molecule has 2 atom stereocenters. The quantitative estimate of drug-likeness (QED) is 0.234. The van der Waals surface area contributed by atoms with Crippen LogP contribution in [0.25, 0.3) is 11.5 Å². The van der Waals surface area contributed by atoms with Crippen molar-refractivity contribution < 1.29 is 26.9 Å². The van der Waals surface area contributed by atoms with E-state index in [2.05, 4.69) is 15.5 Å². The minimum atomic E-state index is -2.23. The molecule has 202 valence electrons. The number of benzene rings is 3. The van der Waals surface area contributed by atoms with E-state index in [0.29, 0.717) is 51.1 Å². The van der Waals surface area contributed by atoms with E-state index in [-0.39, 0.29) is 23.8 Å². The molecule has 1 aliphatic carbocycles. The maximum atomic E-state index is 13.7. The van der Waals surface area contributed by atoms with Crippen LogP contribution in [0.4, 0.5) is 14.5 Å². The summed E-state index contributed by atoms with van der Waals surface area (Å²) in [6.07, 6.45) is 1.35. The third kappa shape index (κ3) is 5.60. The lowest BCUT2D eigenvalue weighted by atomic mass is 9.94. The number of hydrogen-bond donors (Lipinski definition) is 1. The predicted octanol–water partition coefficient (Wildman–Crippen LogP) is 6.52. The Kier molecular flexibility index (Phi) is 7.56. The Morgan fingerprint density at radius 1 is 1.10 bits per heavy atom. The summed E-state index contributed by atoms with van der Waals surface area (Å²) in [5.41, 5.74) is 1.86. The van der Waals surface area contributed by atoms with Crippen LogP contribution in [-0.2, 0) is 27.7 Å². The first-order chi connectivity index (χ1) is 18.6. The first kappa shape index (κ1) is 27.4. The van der Waals surface area contributed by atoms with E-state index in [1.807, 2.05) is 0 Å². The van der Waals surface area contributed by atoms with Gasteiger partial charge in [0.15, 0.2) is 17.5 Å². The number of carbonyl (C=O) groups is 1. The van der Waals surface area contributed by atoms with Crippen molar-refractivity contribution in [2.45, 2.75) is 36.9 Å². The highest BCUT2D eigenvalue weighted by Gasteiger charge is 2.52. The summed E-state index contributed by atoms with van der Waals surface area (Å²) in [6, 6.07) is 13.2. The van der Waals surface area contributed by atoms with Gasteiger partial charge < -0.3 is 14.4 Å². The largest absolute Gasteiger partial charge is 0.772 e. The average Bonchev–Trinajstić information content (AvgIpc) is 3.51. The molecule has 0 bridgehead atoms. The van der Waals surface area contributed by atoms with Crippen molar-refractivity contribution in [3.8, 4) is 11.5 Å². The second-order valence-corrected chi connectivity index (χ2v) is 11.4. The van der Waals surface area contributed by atoms with Crippen LogP contribution in [0.3, 0.4) is 0 Å². The highest BCUT2D eigenvalue weighted by molar-refractivity contribution is 7.79. The number of carbonyl (C=O) groups excluding carboxylic acids is 1. The molecule has 0 saturated heterocycles. The van der Waals surface area contributed by atoms with E-state index in [1.165, 1.54) is 6.07 Å². The molecule has 5 rings (SSSR count). The summed E-state index contributed by atoms with van der Waals surface area (Å²) >= 11 is 11.0. The average molecular weight is 591 g/mol. The fourth-order valence-corrected chi connectivity index (χ4v) is 5.61. The number of anilines is 1. The van der Waals surface area contributed by atoms with Gasteiger partial charge in [0, 0.05) is 32.1 Å². The summed E-state index contributed by atoms with van der Waals surface area (Å²) in [6.45, 7) is 1.58. The molecular formula is C27H20Cl2F2N3O4S-. The number of aromatic nitrogens is 2. The molecule has 1 aromatic heterocycles. The number of rotatable bonds is 8. The van der Waals surface area contributed by atoms with Crippen LogP contribution in [0.1, 0.15) is 47.5 Å². The van der Waals surface area contributed by atoms with E-state index in [4.69, 9.17) is 27.7 Å². The lowest BCUT2D eigenvalue weighted by Crippen LogP contribution is -2.16. The van der Waals surface area contributed by atoms with Gasteiger partial charge in [0.2, 0.25) is 5.91 Å². The zero-order chi connectivity index (χ0) is 27.9. The van der Waals surface area contributed by atoms with Crippen molar-refractivity contribution >= 4 is 45.9 Å². The highest BCUT2D eigenvalue weighted by atomic mass is 35.5. The minimum Gasteiger partial charge on any atom is -0.772 e. The van der Waals surface area contributed by atoms with Crippen molar-refractivity contribution in [2.24, 2.45) is 0 Å². The Morgan fingerprint density at radius 3 is 2.36 bits per heavy atom. The zero-order valence-electron chi connectivity index (χ0n) is 20.3. The topological polar surface area (TPSA) is 108 Å². The summed E-state index contributed by atoms with van der Waals surface area (Å²) in [5.74, 6) is -1.96. The summed E-state index contributed by atoms with van der Waals surface area (Å²) < 4.78 is 54.6. The van der Waals surface area contributed by atoms with Crippen LogP contribution in [0.5, 0.6) is 0 Å². The Morgan fingerprint density at radius 2 is 1.77 bits per heavy atom. The molecule has 0 aliphatic heterocycles. The van der Waals surface area contributed by atoms with Gasteiger partial charge in [-0.25, -0.2) is 8.78 Å². The Hall–Kier alpha value is -3.18. The monoisotopic (exact) mass is 590 g/mol. The van der Waals surface area contributed by atoms with Crippen LogP contribution in [-0.4, -0.2) is 24.8 Å². The molecule has 0 radical (unpaired) electrons. The summed E-state index contributed by atoms with van der Waals surface area (Å²) in [7, 11) is 0. The van der Waals surface area contributed by atoms with Crippen LogP contribution < -0.4 is 5.32 Å². The number of nitrogens with zero attached hydrogens (tertiary/aromatic N) is 2. The van der Waals surface area contributed by atoms with Crippen molar-refractivity contribution in [1.29, 1.82) is 0 Å². The van der Waals surface area contributed by atoms with Gasteiger partial charge in [-0.3, -0.25) is 9.00 Å². The highest BCUT2D eigenvalue weighted by Crippen LogP contribution is 2.57. The summed E-state index contributed by atoms with van der Waals surface area (Å²) in [4.78, 5) is 17.1. The molecule has 1 N–H and O–H groups in total. The van der Waals surface area contributed by atoms with E-state index in [9.17, 15) is 22.3 Å². The molecule has 1 saturated carbocycles. The van der Waals surface area contributed by atoms with Gasteiger partial charge in [-0.15, -0.1) is 0 Å². The van der Waals surface area contributed by atoms with E-state index < -0.39 is 33.4 Å². The van der Waals surface area contributed by atoms with Crippen molar-refractivity contribution in [1.82, 2.24) is 10.1 Å². The van der Waals surface area contributed by atoms with E-state index in [0.717, 1.165) is 12.1 Å². The molecule has 2 unspecified atom stereocenters. The minimum absolute atomic E-state index is 0.0371. The maximum absolute atomic E-state index is 13.7. The predicted molar refractivity (Wildman–Crippen MR) is 142 cm³/mol. The molecule has 7 nitrogen and oxygen atoms in total. The second kappa shape index (κ2) is 10.8. The maximum Gasteiger partial charge on any atom is 0.258 e. The third-order valence-electron chi connectivity index (χ3n) is 6.68. The molecule has 3 aromatic carbocycles. The Balaban J connectivity index is 1.31. The smallest absolute Gasteiger partial charge is 0.258 e. The molecule has 1 fully saturated rings. The van der Waals surface area contributed by atoms with Crippen molar-refractivity contribution in [2.75, 3.05) is 5.32 Å². The number of nitrogens with one attached hydrogen (secondary N) is 1. The lowest BCUT2D eigenvalue weighted by molar-refractivity contribution is -0.115. The standard InChI is InChI=1S/C27H21Cl2F2N3O4S/c1-14(39(36)37)16-4-2-15(3-5-16)10-23(35)32-18-12-19(28)24(20(29)13-18)27(8-9-27)26-33-25(38-34-26)17-6-7-21(30)22(31)11-17/h2-7,11-14H,8-10H2,1H3,(H,32,35)(H,36,37)/p-1. The van der Waals surface area contributed by atoms with Crippen LogP contribution in [0, 0.1) is 11.6 Å². The summed E-state index contributed by atoms with van der Waals surface area (Å²) in [5, 5.41) is 6.80. The lowest BCUT2D eigenvalue weighted by Gasteiger charge is -2.17. The number of halogens is 4. The van der Waals surface area contributed by atoms with Crippen molar-refractivity contribution in [3.63, 3.8) is 0 Å². The Labute approximate surface area is 234 Å². The van der Waals surface area contributed by atoms with Gasteiger partial charge in [0.05, 0.1) is 11.8 Å². The van der Waals surface area contributed by atoms with Crippen LogP contribution in [0.2, 0.25) is 10.0 Å². The van der Waals surface area contributed by atoms with Crippen molar-refractivity contribution in [3.05, 3.63) is 98.8 Å². The zero-order valence-corrected chi connectivity index (χ0v) is 22.7. The molecule has 1 heterocycles. The molecule has 39 heavy (non-hydrogen) atoms. The molecule has 0 spiro atoms. The van der Waals surface area contributed by atoms with Crippen LogP contribution >= 0.6 is 23.2 Å². The van der Waals surface area contributed by atoms with Gasteiger partial charge >= 0.3 is 0 Å². The molecule has 4 aromatic rings.